The van der Waals surface area contributed by atoms with Crippen LogP contribution in [0.1, 0.15) is 5.56 Å². The number of ether oxygens (including phenoxy) is 1. The molecule has 0 unspecified atom stereocenters. The fourth-order valence-corrected chi connectivity index (χ4v) is 2.79. The van der Waals surface area contributed by atoms with Gasteiger partial charge in [0.05, 0.1) is 17.5 Å². The number of fused-ring (bicyclic) bond motifs is 1. The van der Waals surface area contributed by atoms with Gasteiger partial charge in [0.15, 0.2) is 0 Å². The standard InChI is InChI=1S/C14H12N2OS/c1-9-3-5-11-12(7-9)18-16-14(11)10-4-6-13(17-2)15-8-10/h3-8H,1-2H3. The Balaban J connectivity index is 2.13. The Labute approximate surface area is 109 Å². The molecule has 4 heteroatoms. The molecule has 2 aromatic heterocycles. The van der Waals surface area contributed by atoms with Crippen LogP contribution < -0.4 is 4.74 Å². The van der Waals surface area contributed by atoms with Crippen molar-refractivity contribution in [2.45, 2.75) is 6.92 Å². The number of hydrogen-bond donors (Lipinski definition) is 0. The van der Waals surface area contributed by atoms with Crippen LogP contribution in [0.4, 0.5) is 0 Å². The summed E-state index contributed by atoms with van der Waals surface area (Å²) in [5.74, 6) is 0.620. The highest BCUT2D eigenvalue weighted by Crippen LogP contribution is 2.31. The Bertz CT molecular complexity index is 689. The molecule has 0 aliphatic carbocycles. The lowest BCUT2D eigenvalue weighted by atomic mass is 10.1. The van der Waals surface area contributed by atoms with Crippen LogP contribution in [0.5, 0.6) is 5.88 Å². The number of aromatic nitrogens is 2. The average Bonchev–Trinajstić information content (AvgIpc) is 2.81. The van der Waals surface area contributed by atoms with Crippen molar-refractivity contribution in [2.24, 2.45) is 0 Å². The van der Waals surface area contributed by atoms with Crippen LogP contribution in [-0.2, 0) is 0 Å². The summed E-state index contributed by atoms with van der Waals surface area (Å²) in [6.07, 6.45) is 1.80. The summed E-state index contributed by atoms with van der Waals surface area (Å²) >= 11 is 1.52. The van der Waals surface area contributed by atoms with Crippen LogP contribution >= 0.6 is 11.5 Å². The van der Waals surface area contributed by atoms with Crippen molar-refractivity contribution >= 4 is 21.6 Å². The van der Waals surface area contributed by atoms with Crippen LogP contribution in [-0.4, -0.2) is 16.5 Å². The van der Waals surface area contributed by atoms with Gasteiger partial charge in [0.1, 0.15) is 0 Å². The quantitative estimate of drug-likeness (QED) is 0.701. The van der Waals surface area contributed by atoms with Crippen LogP contribution in [0.25, 0.3) is 21.3 Å². The second-order valence-corrected chi connectivity index (χ2v) is 4.93. The normalized spacial score (nSPS) is 10.8. The van der Waals surface area contributed by atoms with Crippen molar-refractivity contribution in [2.75, 3.05) is 7.11 Å². The van der Waals surface area contributed by atoms with Gasteiger partial charge in [-0.2, -0.15) is 4.37 Å². The highest BCUT2D eigenvalue weighted by Gasteiger charge is 2.09. The van der Waals surface area contributed by atoms with Gasteiger partial charge in [-0.05, 0) is 36.2 Å². The number of nitrogens with zero attached hydrogens (tertiary/aromatic N) is 2. The molecule has 0 N–H and O–H groups in total. The molecule has 2 heterocycles. The van der Waals surface area contributed by atoms with E-state index in [9.17, 15) is 0 Å². The van der Waals surface area contributed by atoms with Gasteiger partial charge in [-0.15, -0.1) is 0 Å². The first-order chi connectivity index (χ1) is 8.78. The second-order valence-electron chi connectivity index (χ2n) is 4.12. The van der Waals surface area contributed by atoms with E-state index in [2.05, 4.69) is 34.5 Å². The maximum Gasteiger partial charge on any atom is 0.212 e. The Hall–Kier alpha value is -1.94. The second kappa shape index (κ2) is 4.38. The van der Waals surface area contributed by atoms with Crippen molar-refractivity contribution < 1.29 is 4.74 Å². The monoisotopic (exact) mass is 256 g/mol. The predicted octanol–water partition coefficient (Wildman–Crippen LogP) is 3.68. The summed E-state index contributed by atoms with van der Waals surface area (Å²) in [7, 11) is 1.61. The van der Waals surface area contributed by atoms with E-state index < -0.39 is 0 Å². The van der Waals surface area contributed by atoms with Crippen LogP contribution in [0.15, 0.2) is 36.5 Å². The smallest absolute Gasteiger partial charge is 0.212 e. The lowest BCUT2D eigenvalue weighted by Gasteiger charge is -2.00. The maximum atomic E-state index is 5.06. The van der Waals surface area contributed by atoms with Gasteiger partial charge in [-0.1, -0.05) is 12.1 Å². The van der Waals surface area contributed by atoms with Gasteiger partial charge in [-0.3, -0.25) is 0 Å². The van der Waals surface area contributed by atoms with Gasteiger partial charge in [0.2, 0.25) is 5.88 Å². The molecular weight excluding hydrogens is 244 g/mol. The molecule has 0 aliphatic rings. The van der Waals surface area contributed by atoms with Crippen molar-refractivity contribution in [3.8, 4) is 17.1 Å². The summed E-state index contributed by atoms with van der Waals surface area (Å²) < 4.78 is 10.8. The fraction of sp³-hybridized carbons (Fsp3) is 0.143. The van der Waals surface area contributed by atoms with Gasteiger partial charge in [0, 0.05) is 23.2 Å². The topological polar surface area (TPSA) is 35.0 Å². The number of pyridine rings is 1. The number of aryl methyl sites for hydroxylation is 1. The largest absolute Gasteiger partial charge is 0.481 e. The molecule has 3 nitrogen and oxygen atoms in total. The molecule has 1 aromatic carbocycles. The minimum atomic E-state index is 0.620. The van der Waals surface area contributed by atoms with E-state index in [1.165, 1.54) is 27.2 Å². The zero-order valence-corrected chi connectivity index (χ0v) is 11.0. The first-order valence-corrected chi connectivity index (χ1v) is 6.42. The number of methoxy groups -OCH3 is 1. The average molecular weight is 256 g/mol. The zero-order valence-electron chi connectivity index (χ0n) is 10.2. The highest BCUT2D eigenvalue weighted by molar-refractivity contribution is 7.13. The van der Waals surface area contributed by atoms with E-state index in [0.29, 0.717) is 5.88 Å². The molecule has 3 aromatic rings. The number of hydrogen-bond acceptors (Lipinski definition) is 4. The summed E-state index contributed by atoms with van der Waals surface area (Å²) in [6, 6.07) is 10.2. The first kappa shape index (κ1) is 11.2. The fourth-order valence-electron chi connectivity index (χ4n) is 1.89. The molecule has 18 heavy (non-hydrogen) atoms. The zero-order chi connectivity index (χ0) is 12.5. The minimum Gasteiger partial charge on any atom is -0.481 e. The maximum absolute atomic E-state index is 5.06. The van der Waals surface area contributed by atoms with Gasteiger partial charge in [-0.25, -0.2) is 4.98 Å². The Morgan fingerprint density at radius 1 is 1.17 bits per heavy atom. The first-order valence-electron chi connectivity index (χ1n) is 5.64. The van der Waals surface area contributed by atoms with Crippen molar-refractivity contribution in [3.05, 3.63) is 42.1 Å². The Morgan fingerprint density at radius 3 is 2.78 bits per heavy atom. The van der Waals surface area contributed by atoms with Gasteiger partial charge >= 0.3 is 0 Å². The third-order valence-corrected chi connectivity index (χ3v) is 3.65. The van der Waals surface area contributed by atoms with Gasteiger partial charge < -0.3 is 4.74 Å². The molecule has 0 saturated carbocycles. The van der Waals surface area contributed by atoms with E-state index >= 15 is 0 Å². The van der Waals surface area contributed by atoms with Crippen LogP contribution in [0, 0.1) is 6.92 Å². The molecular formula is C14H12N2OS. The number of benzene rings is 1. The van der Waals surface area contributed by atoms with Crippen molar-refractivity contribution in [1.29, 1.82) is 0 Å². The van der Waals surface area contributed by atoms with Crippen molar-refractivity contribution in [3.63, 3.8) is 0 Å². The summed E-state index contributed by atoms with van der Waals surface area (Å²) in [5.41, 5.74) is 3.27. The summed E-state index contributed by atoms with van der Waals surface area (Å²) in [4.78, 5) is 4.22. The molecule has 0 spiro atoms. The van der Waals surface area contributed by atoms with Crippen LogP contribution in [0.2, 0.25) is 0 Å². The number of rotatable bonds is 2. The lowest BCUT2D eigenvalue weighted by Crippen LogP contribution is -1.87. The predicted molar refractivity (Wildman–Crippen MR) is 74.1 cm³/mol. The van der Waals surface area contributed by atoms with E-state index in [0.717, 1.165) is 11.3 Å². The molecule has 0 amide bonds. The Morgan fingerprint density at radius 2 is 2.06 bits per heavy atom. The Kier molecular flexibility index (Phi) is 2.72. The van der Waals surface area contributed by atoms with E-state index in [1.807, 2.05) is 12.1 Å². The van der Waals surface area contributed by atoms with E-state index in [4.69, 9.17) is 4.74 Å². The molecule has 0 bridgehead atoms. The van der Waals surface area contributed by atoms with Gasteiger partial charge in [0.25, 0.3) is 0 Å². The van der Waals surface area contributed by atoms with E-state index in [-0.39, 0.29) is 0 Å². The third-order valence-electron chi connectivity index (χ3n) is 2.85. The molecule has 90 valence electrons. The minimum absolute atomic E-state index is 0.620. The summed E-state index contributed by atoms with van der Waals surface area (Å²) in [6.45, 7) is 2.09. The highest BCUT2D eigenvalue weighted by atomic mass is 32.1. The lowest BCUT2D eigenvalue weighted by molar-refractivity contribution is 0.398. The van der Waals surface area contributed by atoms with Crippen molar-refractivity contribution in [1.82, 2.24) is 9.36 Å². The van der Waals surface area contributed by atoms with E-state index in [1.54, 1.807) is 13.3 Å². The third kappa shape index (κ3) is 1.84. The molecule has 3 rings (SSSR count). The molecule has 0 saturated heterocycles. The molecule has 0 atom stereocenters. The van der Waals surface area contributed by atoms with Crippen LogP contribution in [0.3, 0.4) is 0 Å². The SMILES string of the molecule is COc1ccc(-c2nsc3cc(C)ccc23)cn1. The molecule has 0 fully saturated rings. The summed E-state index contributed by atoms with van der Waals surface area (Å²) in [5, 5.41) is 1.18. The molecule has 0 aliphatic heterocycles. The molecule has 0 radical (unpaired) electrons.